The van der Waals surface area contributed by atoms with Crippen LogP contribution in [-0.4, -0.2) is 4.57 Å². The highest BCUT2D eigenvalue weighted by Crippen LogP contribution is 2.31. The summed E-state index contributed by atoms with van der Waals surface area (Å²) in [5.41, 5.74) is 4.58. The van der Waals surface area contributed by atoms with Crippen LogP contribution >= 0.6 is 0 Å². The molecule has 0 saturated carbocycles. The molecule has 0 unspecified atom stereocenters. The Kier molecular flexibility index (Phi) is 4.43. The minimum atomic E-state index is -0.332. The van der Waals surface area contributed by atoms with Crippen LogP contribution in [0.3, 0.4) is 0 Å². The van der Waals surface area contributed by atoms with E-state index in [2.05, 4.69) is 0 Å². The third kappa shape index (κ3) is 3.20. The number of pyridine rings is 1. The lowest BCUT2D eigenvalue weighted by Gasteiger charge is -2.21. The SMILES string of the molecule is Cc1c(-c2ccccc2)n(-c2ccccc2)c(-c2cccc(F)c2)cc1=O. The number of benzene rings is 3. The van der Waals surface area contributed by atoms with Gasteiger partial charge in [-0.05, 0) is 36.8 Å². The minimum absolute atomic E-state index is 0.0692. The van der Waals surface area contributed by atoms with Crippen LogP contribution in [0.1, 0.15) is 5.56 Å². The van der Waals surface area contributed by atoms with Crippen molar-refractivity contribution in [2.45, 2.75) is 6.92 Å². The van der Waals surface area contributed by atoms with Crippen molar-refractivity contribution in [1.82, 2.24) is 4.57 Å². The van der Waals surface area contributed by atoms with Crippen molar-refractivity contribution < 1.29 is 4.39 Å². The molecule has 27 heavy (non-hydrogen) atoms. The average Bonchev–Trinajstić information content (AvgIpc) is 2.71. The lowest BCUT2D eigenvalue weighted by atomic mass is 10.0. The van der Waals surface area contributed by atoms with E-state index in [1.54, 1.807) is 12.1 Å². The van der Waals surface area contributed by atoms with Crippen LogP contribution in [0.5, 0.6) is 0 Å². The zero-order valence-corrected chi connectivity index (χ0v) is 14.9. The van der Waals surface area contributed by atoms with E-state index < -0.39 is 0 Å². The highest BCUT2D eigenvalue weighted by atomic mass is 19.1. The highest BCUT2D eigenvalue weighted by Gasteiger charge is 2.17. The summed E-state index contributed by atoms with van der Waals surface area (Å²) in [6.07, 6.45) is 0. The van der Waals surface area contributed by atoms with Crippen LogP contribution in [0.4, 0.5) is 4.39 Å². The Bertz CT molecular complexity index is 1150. The number of halogens is 1. The molecule has 0 aliphatic carbocycles. The first-order valence-electron chi connectivity index (χ1n) is 8.78. The summed E-state index contributed by atoms with van der Waals surface area (Å²) < 4.78 is 15.9. The van der Waals surface area contributed by atoms with Gasteiger partial charge in [-0.3, -0.25) is 4.79 Å². The van der Waals surface area contributed by atoms with Crippen molar-refractivity contribution in [3.05, 3.63) is 113 Å². The monoisotopic (exact) mass is 355 g/mol. The lowest BCUT2D eigenvalue weighted by molar-refractivity contribution is 0.628. The van der Waals surface area contributed by atoms with Gasteiger partial charge in [-0.1, -0.05) is 60.7 Å². The van der Waals surface area contributed by atoms with Crippen molar-refractivity contribution in [3.8, 4) is 28.2 Å². The molecule has 0 amide bonds. The summed E-state index contributed by atoms with van der Waals surface area (Å²) >= 11 is 0. The lowest BCUT2D eigenvalue weighted by Crippen LogP contribution is -2.15. The molecule has 4 aromatic rings. The Morgan fingerprint density at radius 3 is 2.04 bits per heavy atom. The van der Waals surface area contributed by atoms with Gasteiger partial charge < -0.3 is 4.57 Å². The second-order valence-electron chi connectivity index (χ2n) is 6.41. The standard InChI is InChI=1S/C24H18FNO/c1-17-23(27)16-22(19-11-8-12-20(25)15-19)26(21-13-6-3-7-14-21)24(17)18-9-4-2-5-10-18/h2-16H,1H3. The van der Waals surface area contributed by atoms with Crippen molar-refractivity contribution in [1.29, 1.82) is 0 Å². The molecule has 132 valence electrons. The van der Waals surface area contributed by atoms with E-state index in [4.69, 9.17) is 0 Å². The largest absolute Gasteiger partial charge is 0.309 e. The average molecular weight is 355 g/mol. The summed E-state index contributed by atoms with van der Waals surface area (Å²) in [5, 5.41) is 0. The molecule has 0 radical (unpaired) electrons. The third-order valence-corrected chi connectivity index (χ3v) is 4.64. The van der Waals surface area contributed by atoms with Gasteiger partial charge in [0.05, 0.1) is 11.4 Å². The van der Waals surface area contributed by atoms with Crippen LogP contribution in [0, 0.1) is 12.7 Å². The smallest absolute Gasteiger partial charge is 0.185 e. The molecule has 0 spiro atoms. The maximum absolute atomic E-state index is 13.9. The topological polar surface area (TPSA) is 22.0 Å². The maximum atomic E-state index is 13.9. The number of aromatic nitrogens is 1. The van der Waals surface area contributed by atoms with Crippen molar-refractivity contribution in [2.24, 2.45) is 0 Å². The molecule has 1 heterocycles. The fourth-order valence-electron chi connectivity index (χ4n) is 3.35. The fourth-order valence-corrected chi connectivity index (χ4v) is 3.35. The normalized spacial score (nSPS) is 10.7. The van der Waals surface area contributed by atoms with Gasteiger partial charge in [0, 0.05) is 22.9 Å². The van der Waals surface area contributed by atoms with E-state index >= 15 is 0 Å². The Balaban J connectivity index is 2.14. The second kappa shape index (κ2) is 7.04. The van der Waals surface area contributed by atoms with Crippen molar-refractivity contribution in [3.63, 3.8) is 0 Å². The molecule has 3 heteroatoms. The molecule has 1 aromatic heterocycles. The van der Waals surface area contributed by atoms with Crippen molar-refractivity contribution >= 4 is 0 Å². The molecule has 0 aliphatic heterocycles. The van der Waals surface area contributed by atoms with E-state index in [-0.39, 0.29) is 11.2 Å². The van der Waals surface area contributed by atoms with Gasteiger partial charge in [0.1, 0.15) is 5.82 Å². The van der Waals surface area contributed by atoms with E-state index in [1.807, 2.05) is 78.2 Å². The first-order valence-corrected chi connectivity index (χ1v) is 8.78. The van der Waals surface area contributed by atoms with Gasteiger partial charge in [-0.25, -0.2) is 4.39 Å². The number of para-hydroxylation sites is 1. The van der Waals surface area contributed by atoms with Gasteiger partial charge in [0.15, 0.2) is 5.43 Å². The van der Waals surface area contributed by atoms with Gasteiger partial charge in [-0.2, -0.15) is 0 Å². The zero-order chi connectivity index (χ0) is 18.8. The molecular formula is C24H18FNO. The summed E-state index contributed by atoms with van der Waals surface area (Å²) in [6.45, 7) is 1.83. The molecule has 0 N–H and O–H groups in total. The number of rotatable bonds is 3. The van der Waals surface area contributed by atoms with E-state index in [0.29, 0.717) is 16.8 Å². The minimum Gasteiger partial charge on any atom is -0.309 e. The zero-order valence-electron chi connectivity index (χ0n) is 14.9. The number of hydrogen-bond donors (Lipinski definition) is 0. The Hall–Kier alpha value is -3.46. The first-order chi connectivity index (χ1) is 13.1. The molecular weight excluding hydrogens is 337 g/mol. The fraction of sp³-hybridized carbons (Fsp3) is 0.0417. The second-order valence-corrected chi connectivity index (χ2v) is 6.41. The molecule has 0 atom stereocenters. The van der Waals surface area contributed by atoms with Gasteiger partial charge in [-0.15, -0.1) is 0 Å². The van der Waals surface area contributed by atoms with Crippen LogP contribution in [0.2, 0.25) is 0 Å². The Morgan fingerprint density at radius 1 is 0.741 bits per heavy atom. The maximum Gasteiger partial charge on any atom is 0.185 e. The van der Waals surface area contributed by atoms with E-state index in [1.165, 1.54) is 12.1 Å². The van der Waals surface area contributed by atoms with Crippen molar-refractivity contribution in [2.75, 3.05) is 0 Å². The van der Waals surface area contributed by atoms with Crippen LogP contribution in [0.15, 0.2) is 95.8 Å². The predicted octanol–water partition coefficient (Wildman–Crippen LogP) is 5.62. The summed E-state index contributed by atoms with van der Waals surface area (Å²) in [7, 11) is 0. The van der Waals surface area contributed by atoms with Crippen LogP contribution < -0.4 is 5.43 Å². The third-order valence-electron chi connectivity index (χ3n) is 4.64. The summed E-state index contributed by atoms with van der Waals surface area (Å²) in [6, 6.07) is 27.6. The van der Waals surface area contributed by atoms with E-state index in [0.717, 1.165) is 16.9 Å². The number of hydrogen-bond acceptors (Lipinski definition) is 1. The molecule has 2 nitrogen and oxygen atoms in total. The van der Waals surface area contributed by atoms with E-state index in [9.17, 15) is 9.18 Å². The molecule has 0 aliphatic rings. The highest BCUT2D eigenvalue weighted by molar-refractivity contribution is 5.73. The number of nitrogens with zero attached hydrogens (tertiary/aromatic N) is 1. The predicted molar refractivity (Wildman–Crippen MR) is 108 cm³/mol. The molecule has 0 fully saturated rings. The molecule has 4 rings (SSSR count). The summed E-state index contributed by atoms with van der Waals surface area (Å²) in [5.74, 6) is -0.332. The van der Waals surface area contributed by atoms with Crippen LogP contribution in [0.25, 0.3) is 28.2 Å². The van der Waals surface area contributed by atoms with Gasteiger partial charge in [0.2, 0.25) is 0 Å². The molecule has 0 saturated heterocycles. The molecule has 3 aromatic carbocycles. The first kappa shape index (κ1) is 17.0. The van der Waals surface area contributed by atoms with Crippen LogP contribution in [-0.2, 0) is 0 Å². The molecule has 0 bridgehead atoms. The van der Waals surface area contributed by atoms with Gasteiger partial charge >= 0.3 is 0 Å². The Labute approximate surface area is 157 Å². The van der Waals surface area contributed by atoms with Gasteiger partial charge in [0.25, 0.3) is 0 Å². The Morgan fingerprint density at radius 2 is 1.37 bits per heavy atom. The quantitative estimate of drug-likeness (QED) is 0.467. The summed E-state index contributed by atoms with van der Waals surface area (Å²) in [4.78, 5) is 12.8.